The van der Waals surface area contributed by atoms with Crippen LogP contribution in [0.4, 0.5) is 5.82 Å². The third-order valence-electron chi connectivity index (χ3n) is 4.49. The van der Waals surface area contributed by atoms with Gasteiger partial charge in [-0.1, -0.05) is 12.1 Å². The van der Waals surface area contributed by atoms with Crippen LogP contribution in [-0.2, 0) is 10.0 Å². The van der Waals surface area contributed by atoms with Crippen LogP contribution >= 0.6 is 15.9 Å². The first kappa shape index (κ1) is 17.4. The number of hydrogen-bond acceptors (Lipinski definition) is 5. The van der Waals surface area contributed by atoms with Crippen molar-refractivity contribution in [2.75, 3.05) is 31.1 Å². The van der Waals surface area contributed by atoms with Gasteiger partial charge >= 0.3 is 0 Å². The quantitative estimate of drug-likeness (QED) is 0.636. The van der Waals surface area contributed by atoms with Gasteiger partial charge in [-0.15, -0.1) is 0 Å². The molecule has 1 aliphatic heterocycles. The molecule has 134 valence electrons. The predicted octanol–water partition coefficient (Wildman–Crippen LogP) is 2.90. The summed E-state index contributed by atoms with van der Waals surface area (Å²) in [5.41, 5.74) is 0.912. The molecule has 4 rings (SSSR count). The molecular formula is C18H17BrN4O2S. The first-order valence-electron chi connectivity index (χ1n) is 8.26. The molecule has 0 atom stereocenters. The summed E-state index contributed by atoms with van der Waals surface area (Å²) in [7, 11) is -3.49. The lowest BCUT2D eigenvalue weighted by Gasteiger charge is -2.34. The normalized spacial score (nSPS) is 16.1. The molecule has 3 aromatic rings. The minimum Gasteiger partial charge on any atom is -0.354 e. The van der Waals surface area contributed by atoms with E-state index in [0.29, 0.717) is 26.2 Å². The number of pyridine rings is 2. The molecule has 26 heavy (non-hydrogen) atoms. The van der Waals surface area contributed by atoms with E-state index >= 15 is 0 Å². The van der Waals surface area contributed by atoms with Gasteiger partial charge in [-0.2, -0.15) is 4.31 Å². The average Bonchev–Trinajstić information content (AvgIpc) is 2.69. The Kier molecular flexibility index (Phi) is 4.64. The number of hydrogen-bond donors (Lipinski definition) is 0. The number of para-hydroxylation sites is 1. The number of halogens is 1. The van der Waals surface area contributed by atoms with Crippen LogP contribution in [0.1, 0.15) is 0 Å². The maximum Gasteiger partial charge on any atom is 0.244 e. The van der Waals surface area contributed by atoms with Gasteiger partial charge in [-0.25, -0.2) is 13.4 Å². The van der Waals surface area contributed by atoms with E-state index in [4.69, 9.17) is 4.98 Å². The van der Waals surface area contributed by atoms with E-state index in [1.807, 2.05) is 30.3 Å². The summed E-state index contributed by atoms with van der Waals surface area (Å²) in [4.78, 5) is 11.0. The highest BCUT2D eigenvalue weighted by molar-refractivity contribution is 9.10. The Hall–Kier alpha value is -2.03. The van der Waals surface area contributed by atoms with E-state index < -0.39 is 10.0 Å². The molecule has 2 aromatic heterocycles. The molecule has 0 saturated carbocycles. The average molecular weight is 433 g/mol. The standard InChI is InChI=1S/C18H17BrN4O2S/c19-16-5-1-3-14-6-7-17(21-18(14)16)22-9-11-23(12-10-22)26(24,25)15-4-2-8-20-13-15/h1-8,13H,9-12H2. The Morgan fingerprint density at radius 3 is 2.50 bits per heavy atom. The molecule has 1 saturated heterocycles. The van der Waals surface area contributed by atoms with Gasteiger partial charge in [0.05, 0.1) is 5.52 Å². The van der Waals surface area contributed by atoms with E-state index in [-0.39, 0.29) is 4.90 Å². The van der Waals surface area contributed by atoms with E-state index in [9.17, 15) is 8.42 Å². The van der Waals surface area contributed by atoms with Crippen molar-refractivity contribution in [1.82, 2.24) is 14.3 Å². The first-order valence-corrected chi connectivity index (χ1v) is 10.5. The largest absolute Gasteiger partial charge is 0.354 e. The van der Waals surface area contributed by atoms with Gasteiger partial charge in [0, 0.05) is 48.4 Å². The van der Waals surface area contributed by atoms with Crippen LogP contribution in [0.5, 0.6) is 0 Å². The van der Waals surface area contributed by atoms with Crippen molar-refractivity contribution in [2.24, 2.45) is 0 Å². The van der Waals surface area contributed by atoms with E-state index in [1.165, 1.54) is 10.5 Å². The fraction of sp³-hybridized carbons (Fsp3) is 0.222. The first-order chi connectivity index (χ1) is 12.6. The summed E-state index contributed by atoms with van der Waals surface area (Å²) in [5.74, 6) is 0.864. The number of piperazine rings is 1. The van der Waals surface area contributed by atoms with Crippen LogP contribution in [0, 0.1) is 0 Å². The second kappa shape index (κ2) is 6.94. The maximum absolute atomic E-state index is 12.7. The van der Waals surface area contributed by atoms with Gasteiger partial charge in [0.15, 0.2) is 0 Å². The number of benzene rings is 1. The summed E-state index contributed by atoms with van der Waals surface area (Å²) in [6, 6.07) is 13.2. The summed E-state index contributed by atoms with van der Waals surface area (Å²) in [6.07, 6.45) is 2.96. The predicted molar refractivity (Wildman–Crippen MR) is 105 cm³/mol. The van der Waals surface area contributed by atoms with Crippen LogP contribution in [0.25, 0.3) is 10.9 Å². The fourth-order valence-electron chi connectivity index (χ4n) is 3.08. The number of nitrogens with zero attached hydrogens (tertiary/aromatic N) is 4. The lowest BCUT2D eigenvalue weighted by molar-refractivity contribution is 0.384. The third kappa shape index (κ3) is 3.20. The van der Waals surface area contributed by atoms with Crippen molar-refractivity contribution < 1.29 is 8.42 Å². The molecule has 8 heteroatoms. The summed E-state index contributed by atoms with van der Waals surface area (Å²) < 4.78 is 27.9. The van der Waals surface area contributed by atoms with Crippen molar-refractivity contribution in [3.05, 3.63) is 59.3 Å². The topological polar surface area (TPSA) is 66.4 Å². The van der Waals surface area contributed by atoms with Gasteiger partial charge < -0.3 is 4.90 Å². The molecule has 0 spiro atoms. The van der Waals surface area contributed by atoms with Crippen molar-refractivity contribution in [1.29, 1.82) is 0 Å². The molecule has 0 radical (unpaired) electrons. The van der Waals surface area contributed by atoms with Crippen molar-refractivity contribution in [3.8, 4) is 0 Å². The monoisotopic (exact) mass is 432 g/mol. The Balaban J connectivity index is 1.53. The Labute approximate surface area is 160 Å². The zero-order valence-corrected chi connectivity index (χ0v) is 16.3. The lowest BCUT2D eigenvalue weighted by atomic mass is 10.2. The zero-order valence-electron chi connectivity index (χ0n) is 13.9. The van der Waals surface area contributed by atoms with E-state index in [0.717, 1.165) is 21.2 Å². The Bertz CT molecular complexity index is 1040. The molecule has 0 aliphatic carbocycles. The van der Waals surface area contributed by atoms with E-state index in [2.05, 4.69) is 25.8 Å². The zero-order chi connectivity index (χ0) is 18.1. The van der Waals surface area contributed by atoms with Gasteiger partial charge in [-0.3, -0.25) is 4.98 Å². The Morgan fingerprint density at radius 2 is 1.77 bits per heavy atom. The Morgan fingerprint density at radius 1 is 0.962 bits per heavy atom. The van der Waals surface area contributed by atoms with Crippen LogP contribution < -0.4 is 4.90 Å². The molecule has 0 amide bonds. The maximum atomic E-state index is 12.7. The third-order valence-corrected chi connectivity index (χ3v) is 7.01. The second-order valence-corrected chi connectivity index (χ2v) is 8.85. The van der Waals surface area contributed by atoms with Gasteiger partial charge in [0.1, 0.15) is 10.7 Å². The van der Waals surface area contributed by atoms with Crippen LogP contribution in [0.3, 0.4) is 0 Å². The minimum absolute atomic E-state index is 0.237. The fourth-order valence-corrected chi connectivity index (χ4v) is 4.94. The molecule has 1 aromatic carbocycles. The summed E-state index contributed by atoms with van der Waals surface area (Å²) in [5, 5.41) is 1.07. The minimum atomic E-state index is -3.49. The van der Waals surface area contributed by atoms with Gasteiger partial charge in [-0.05, 0) is 46.3 Å². The molecule has 3 heterocycles. The van der Waals surface area contributed by atoms with Crippen molar-refractivity contribution in [3.63, 3.8) is 0 Å². The number of sulfonamides is 1. The molecule has 0 bridgehead atoms. The summed E-state index contributed by atoms with van der Waals surface area (Å²) in [6.45, 7) is 2.05. The highest BCUT2D eigenvalue weighted by atomic mass is 79.9. The molecule has 1 fully saturated rings. The van der Waals surface area contributed by atoms with Crippen molar-refractivity contribution in [2.45, 2.75) is 4.90 Å². The van der Waals surface area contributed by atoms with E-state index in [1.54, 1.807) is 18.3 Å². The van der Waals surface area contributed by atoms with Crippen molar-refractivity contribution >= 4 is 42.7 Å². The molecule has 1 aliphatic rings. The summed E-state index contributed by atoms with van der Waals surface area (Å²) >= 11 is 3.54. The highest BCUT2D eigenvalue weighted by Crippen LogP contribution is 2.26. The highest BCUT2D eigenvalue weighted by Gasteiger charge is 2.29. The SMILES string of the molecule is O=S(=O)(c1cccnc1)N1CCN(c2ccc3cccc(Br)c3n2)CC1. The number of fused-ring (bicyclic) bond motifs is 1. The van der Waals surface area contributed by atoms with Gasteiger partial charge in [0.25, 0.3) is 0 Å². The van der Waals surface area contributed by atoms with Crippen LogP contribution in [-0.4, -0.2) is 48.9 Å². The van der Waals surface area contributed by atoms with Crippen LogP contribution in [0.2, 0.25) is 0 Å². The lowest BCUT2D eigenvalue weighted by Crippen LogP contribution is -2.48. The number of anilines is 1. The van der Waals surface area contributed by atoms with Gasteiger partial charge in [0.2, 0.25) is 10.0 Å². The molecule has 0 N–H and O–H groups in total. The molecule has 0 unspecified atom stereocenters. The smallest absolute Gasteiger partial charge is 0.244 e. The number of rotatable bonds is 3. The molecule has 6 nitrogen and oxygen atoms in total. The molecular weight excluding hydrogens is 416 g/mol. The van der Waals surface area contributed by atoms with Crippen LogP contribution in [0.15, 0.2) is 64.2 Å². The second-order valence-electron chi connectivity index (χ2n) is 6.06. The number of aromatic nitrogens is 2.